The van der Waals surface area contributed by atoms with Crippen LogP contribution in [0, 0.1) is 0 Å². The van der Waals surface area contributed by atoms with Gasteiger partial charge in [0.25, 0.3) is 0 Å². The molecule has 0 bridgehead atoms. The van der Waals surface area contributed by atoms with Crippen molar-refractivity contribution in [3.05, 3.63) is 29.8 Å². The second-order valence-corrected chi connectivity index (χ2v) is 8.62. The summed E-state index contributed by atoms with van der Waals surface area (Å²) in [6.07, 6.45) is 1.95. The van der Waals surface area contributed by atoms with E-state index < -0.39 is 21.7 Å². The van der Waals surface area contributed by atoms with Crippen molar-refractivity contribution < 1.29 is 18.3 Å². The summed E-state index contributed by atoms with van der Waals surface area (Å²) in [6.45, 7) is 5.93. The SMILES string of the molecule is CCS(=O)(=O)N[C@H]1CCC[C@@]1(O)COc1ccc(C(C)C)cc1. The quantitative estimate of drug-likeness (QED) is 0.798. The molecule has 6 heteroatoms. The molecule has 1 aromatic rings. The van der Waals surface area contributed by atoms with Gasteiger partial charge in [-0.15, -0.1) is 0 Å². The number of nitrogens with one attached hydrogen (secondary N) is 1. The Hall–Kier alpha value is -1.11. The molecule has 5 nitrogen and oxygen atoms in total. The van der Waals surface area contributed by atoms with Gasteiger partial charge in [-0.3, -0.25) is 0 Å². The lowest BCUT2D eigenvalue weighted by molar-refractivity contribution is -0.0152. The van der Waals surface area contributed by atoms with Gasteiger partial charge >= 0.3 is 0 Å². The topological polar surface area (TPSA) is 75.6 Å². The molecule has 1 aliphatic carbocycles. The fourth-order valence-electron chi connectivity index (χ4n) is 2.85. The zero-order chi connectivity index (χ0) is 17.1. The maximum atomic E-state index is 11.8. The monoisotopic (exact) mass is 341 g/mol. The van der Waals surface area contributed by atoms with Crippen LogP contribution >= 0.6 is 0 Å². The first kappa shape index (κ1) is 18.2. The molecule has 2 atom stereocenters. The van der Waals surface area contributed by atoms with Crippen molar-refractivity contribution in [2.45, 2.75) is 57.6 Å². The largest absolute Gasteiger partial charge is 0.491 e. The van der Waals surface area contributed by atoms with Crippen LogP contribution in [-0.4, -0.2) is 37.5 Å². The van der Waals surface area contributed by atoms with Gasteiger partial charge in [-0.1, -0.05) is 26.0 Å². The average Bonchev–Trinajstić information content (AvgIpc) is 2.86. The number of hydrogen-bond donors (Lipinski definition) is 2. The minimum absolute atomic E-state index is 0.0110. The summed E-state index contributed by atoms with van der Waals surface area (Å²) in [5.41, 5.74) is 0.0735. The fourth-order valence-corrected chi connectivity index (χ4v) is 3.79. The lowest BCUT2D eigenvalue weighted by atomic mass is 10.00. The molecule has 23 heavy (non-hydrogen) atoms. The van der Waals surface area contributed by atoms with E-state index in [0.717, 1.165) is 6.42 Å². The minimum Gasteiger partial charge on any atom is -0.491 e. The zero-order valence-corrected chi connectivity index (χ0v) is 14.9. The highest BCUT2D eigenvalue weighted by molar-refractivity contribution is 7.89. The van der Waals surface area contributed by atoms with Crippen LogP contribution < -0.4 is 9.46 Å². The van der Waals surface area contributed by atoms with Gasteiger partial charge in [-0.2, -0.15) is 0 Å². The summed E-state index contributed by atoms with van der Waals surface area (Å²) in [7, 11) is -3.34. The lowest BCUT2D eigenvalue weighted by Crippen LogP contribution is -2.52. The molecule has 0 saturated heterocycles. The van der Waals surface area contributed by atoms with Gasteiger partial charge in [0.05, 0.1) is 11.8 Å². The molecule has 0 amide bonds. The van der Waals surface area contributed by atoms with Crippen molar-refractivity contribution in [1.29, 1.82) is 0 Å². The van der Waals surface area contributed by atoms with Gasteiger partial charge in [-0.25, -0.2) is 13.1 Å². The second-order valence-electron chi connectivity index (χ2n) is 6.58. The van der Waals surface area contributed by atoms with Gasteiger partial charge < -0.3 is 9.84 Å². The summed E-state index contributed by atoms with van der Waals surface area (Å²) < 4.78 is 31.8. The van der Waals surface area contributed by atoms with Gasteiger partial charge in [0.1, 0.15) is 18.0 Å². The number of ether oxygens (including phenoxy) is 1. The molecule has 0 aromatic heterocycles. The molecule has 130 valence electrons. The van der Waals surface area contributed by atoms with Crippen LogP contribution in [0.2, 0.25) is 0 Å². The zero-order valence-electron chi connectivity index (χ0n) is 14.1. The summed E-state index contributed by atoms with van der Waals surface area (Å²) in [4.78, 5) is 0. The van der Waals surface area contributed by atoms with E-state index >= 15 is 0 Å². The molecular weight excluding hydrogens is 314 g/mol. The molecule has 1 aromatic carbocycles. The van der Waals surface area contributed by atoms with Crippen molar-refractivity contribution in [3.63, 3.8) is 0 Å². The van der Waals surface area contributed by atoms with Crippen LogP contribution in [-0.2, 0) is 10.0 Å². The highest BCUT2D eigenvalue weighted by Gasteiger charge is 2.43. The summed E-state index contributed by atoms with van der Waals surface area (Å²) in [5, 5.41) is 10.8. The van der Waals surface area contributed by atoms with E-state index in [1.165, 1.54) is 5.56 Å². The molecular formula is C17H27NO4S. The Balaban J connectivity index is 2.00. The van der Waals surface area contributed by atoms with E-state index in [-0.39, 0.29) is 12.4 Å². The second kappa shape index (κ2) is 7.20. The molecule has 2 N–H and O–H groups in total. The molecule has 0 aliphatic heterocycles. The first-order chi connectivity index (χ1) is 10.8. The minimum atomic E-state index is -3.34. The van der Waals surface area contributed by atoms with Crippen LogP contribution in [0.25, 0.3) is 0 Å². The summed E-state index contributed by atoms with van der Waals surface area (Å²) >= 11 is 0. The highest BCUT2D eigenvalue weighted by Crippen LogP contribution is 2.31. The standard InChI is InChI=1S/C17H27NO4S/c1-4-23(20,21)18-16-6-5-11-17(16,19)12-22-15-9-7-14(8-10-15)13(2)3/h7-10,13,16,18-19H,4-6,11-12H2,1-3H3/t16-,17+/m0/s1. The Morgan fingerprint density at radius 2 is 2.00 bits per heavy atom. The molecule has 0 unspecified atom stereocenters. The third-order valence-corrected chi connectivity index (χ3v) is 5.89. The fraction of sp³-hybridized carbons (Fsp3) is 0.647. The number of aliphatic hydroxyl groups is 1. The Morgan fingerprint density at radius 3 is 2.57 bits per heavy atom. The van der Waals surface area contributed by atoms with E-state index in [2.05, 4.69) is 18.6 Å². The van der Waals surface area contributed by atoms with Crippen molar-refractivity contribution in [1.82, 2.24) is 4.72 Å². The van der Waals surface area contributed by atoms with Gasteiger partial charge in [0.2, 0.25) is 10.0 Å². The van der Waals surface area contributed by atoms with E-state index in [0.29, 0.717) is 24.5 Å². The molecule has 0 spiro atoms. The van der Waals surface area contributed by atoms with Gasteiger partial charge in [0, 0.05) is 0 Å². The van der Waals surface area contributed by atoms with Crippen LogP contribution in [0.15, 0.2) is 24.3 Å². The Labute approximate surface area is 139 Å². The normalized spacial score (nSPS) is 25.0. The predicted octanol–water partition coefficient (Wildman–Crippen LogP) is 2.41. The van der Waals surface area contributed by atoms with Crippen LogP contribution in [0.4, 0.5) is 0 Å². The van der Waals surface area contributed by atoms with Gasteiger partial charge in [-0.05, 0) is 49.8 Å². The first-order valence-corrected chi connectivity index (χ1v) is 9.86. The summed E-state index contributed by atoms with van der Waals surface area (Å²) in [5.74, 6) is 1.15. The van der Waals surface area contributed by atoms with Crippen molar-refractivity contribution in [2.75, 3.05) is 12.4 Å². The van der Waals surface area contributed by atoms with Crippen molar-refractivity contribution in [3.8, 4) is 5.75 Å². The molecule has 2 rings (SSSR count). The van der Waals surface area contributed by atoms with E-state index in [1.54, 1.807) is 6.92 Å². The molecule has 1 aliphatic rings. The Morgan fingerprint density at radius 1 is 1.35 bits per heavy atom. The van der Waals surface area contributed by atoms with E-state index in [1.807, 2.05) is 24.3 Å². The van der Waals surface area contributed by atoms with Crippen molar-refractivity contribution in [2.24, 2.45) is 0 Å². The van der Waals surface area contributed by atoms with Crippen LogP contribution in [0.1, 0.15) is 51.5 Å². The smallest absolute Gasteiger partial charge is 0.211 e. The molecule has 1 fully saturated rings. The third kappa shape index (κ3) is 4.68. The first-order valence-electron chi connectivity index (χ1n) is 8.21. The third-order valence-electron chi connectivity index (χ3n) is 4.49. The Kier molecular flexibility index (Phi) is 5.70. The lowest BCUT2D eigenvalue weighted by Gasteiger charge is -2.30. The van der Waals surface area contributed by atoms with Gasteiger partial charge in [0.15, 0.2) is 0 Å². The molecule has 0 heterocycles. The van der Waals surface area contributed by atoms with E-state index in [9.17, 15) is 13.5 Å². The van der Waals surface area contributed by atoms with E-state index in [4.69, 9.17) is 4.74 Å². The molecule has 1 saturated carbocycles. The molecule has 0 radical (unpaired) electrons. The maximum Gasteiger partial charge on any atom is 0.211 e. The number of rotatable bonds is 7. The number of benzene rings is 1. The van der Waals surface area contributed by atoms with Crippen LogP contribution in [0.3, 0.4) is 0 Å². The maximum absolute atomic E-state index is 11.8. The predicted molar refractivity (Wildman–Crippen MR) is 91.2 cm³/mol. The Bertz CT molecular complexity index is 612. The average molecular weight is 341 g/mol. The number of hydrogen-bond acceptors (Lipinski definition) is 4. The highest BCUT2D eigenvalue weighted by atomic mass is 32.2. The van der Waals surface area contributed by atoms with Crippen molar-refractivity contribution >= 4 is 10.0 Å². The van der Waals surface area contributed by atoms with Crippen LogP contribution in [0.5, 0.6) is 5.75 Å². The summed E-state index contributed by atoms with van der Waals surface area (Å²) in [6, 6.07) is 7.31. The number of sulfonamides is 1.